The van der Waals surface area contributed by atoms with Crippen molar-refractivity contribution in [2.24, 2.45) is 0 Å². The highest BCUT2D eigenvalue weighted by molar-refractivity contribution is 5.76. The van der Waals surface area contributed by atoms with Gasteiger partial charge < -0.3 is 20.8 Å². The van der Waals surface area contributed by atoms with Gasteiger partial charge >= 0.3 is 0 Å². The number of rotatable bonds is 10. The molecule has 2 aromatic rings. The normalized spacial score (nSPS) is 13.2. The molecule has 34 heavy (non-hydrogen) atoms. The fraction of sp³-hybridized carbons (Fsp3) is 0.571. The van der Waals surface area contributed by atoms with Gasteiger partial charge in [0.15, 0.2) is 0 Å². The molecule has 1 aromatic carbocycles. The standard InChI is InChI=1S/C18H32N4O.C8H9N.C2H6/c1-3-7-22(8-4-2)17-14-16(20-18(19)15-17)6-5-9-21-10-12-23-13-11-21;1-7-3-2-4-8(5-7)6-9;1-2/h14-15H,3-13H2,1-2H3,(H2,19,20);2-6,9H,1H3;1-2H3. The van der Waals surface area contributed by atoms with Crippen LogP contribution in [0.15, 0.2) is 36.4 Å². The minimum absolute atomic E-state index is 0.640. The predicted octanol–water partition coefficient (Wildman–Crippen LogP) is 5.57. The van der Waals surface area contributed by atoms with E-state index in [4.69, 9.17) is 15.9 Å². The van der Waals surface area contributed by atoms with Gasteiger partial charge in [-0.25, -0.2) is 4.98 Å². The van der Waals surface area contributed by atoms with Crippen molar-refractivity contribution in [1.82, 2.24) is 9.88 Å². The third kappa shape index (κ3) is 11.6. The first kappa shape index (κ1) is 29.6. The van der Waals surface area contributed by atoms with Crippen LogP contribution in [0, 0.1) is 12.3 Å². The van der Waals surface area contributed by atoms with Crippen LogP contribution in [0.3, 0.4) is 0 Å². The van der Waals surface area contributed by atoms with Crippen molar-refractivity contribution in [3.05, 3.63) is 53.2 Å². The van der Waals surface area contributed by atoms with Crippen LogP contribution in [0.1, 0.15) is 63.8 Å². The van der Waals surface area contributed by atoms with E-state index in [1.54, 1.807) is 0 Å². The maximum absolute atomic E-state index is 6.92. The van der Waals surface area contributed by atoms with Gasteiger partial charge in [-0.3, -0.25) is 4.90 Å². The molecular weight excluding hydrogens is 422 g/mol. The molecule has 1 saturated heterocycles. The average molecular weight is 470 g/mol. The molecule has 0 amide bonds. The van der Waals surface area contributed by atoms with Crippen LogP contribution in [0.4, 0.5) is 11.5 Å². The quantitative estimate of drug-likeness (QED) is 0.445. The summed E-state index contributed by atoms with van der Waals surface area (Å²) >= 11 is 0. The molecule has 1 aliphatic heterocycles. The van der Waals surface area contributed by atoms with E-state index in [1.165, 1.54) is 17.5 Å². The van der Waals surface area contributed by atoms with Crippen LogP contribution in [0.2, 0.25) is 0 Å². The van der Waals surface area contributed by atoms with Crippen molar-refractivity contribution in [1.29, 1.82) is 5.41 Å². The molecular formula is C28H47N5O. The van der Waals surface area contributed by atoms with Gasteiger partial charge in [0, 0.05) is 49.8 Å². The van der Waals surface area contributed by atoms with Crippen molar-refractivity contribution in [3.8, 4) is 0 Å². The molecule has 2 heterocycles. The van der Waals surface area contributed by atoms with Gasteiger partial charge in [0.05, 0.1) is 13.2 Å². The molecule has 3 rings (SSSR count). The predicted molar refractivity (Wildman–Crippen MR) is 147 cm³/mol. The van der Waals surface area contributed by atoms with E-state index < -0.39 is 0 Å². The zero-order chi connectivity index (χ0) is 25.2. The number of hydrogen-bond acceptors (Lipinski definition) is 6. The van der Waals surface area contributed by atoms with Crippen LogP contribution in [0.5, 0.6) is 0 Å². The summed E-state index contributed by atoms with van der Waals surface area (Å²) in [4.78, 5) is 9.42. The first-order valence-corrected chi connectivity index (χ1v) is 12.9. The summed E-state index contributed by atoms with van der Waals surface area (Å²) in [7, 11) is 0. The Hall–Kier alpha value is -2.44. The van der Waals surface area contributed by atoms with Crippen molar-refractivity contribution < 1.29 is 4.74 Å². The van der Waals surface area contributed by atoms with Crippen molar-refractivity contribution in [2.75, 3.05) is 56.6 Å². The molecule has 1 aromatic heterocycles. The fourth-order valence-electron chi connectivity index (χ4n) is 3.88. The molecule has 1 fully saturated rings. The Kier molecular flexibility index (Phi) is 15.6. The lowest BCUT2D eigenvalue weighted by molar-refractivity contribution is 0.0374. The van der Waals surface area contributed by atoms with Crippen molar-refractivity contribution >= 4 is 17.7 Å². The second-order valence-electron chi connectivity index (χ2n) is 8.34. The monoisotopic (exact) mass is 469 g/mol. The third-order valence-electron chi connectivity index (χ3n) is 5.45. The van der Waals surface area contributed by atoms with E-state index >= 15 is 0 Å². The Balaban J connectivity index is 0.000000437. The van der Waals surface area contributed by atoms with Crippen molar-refractivity contribution in [3.63, 3.8) is 0 Å². The van der Waals surface area contributed by atoms with Gasteiger partial charge in [-0.1, -0.05) is 57.5 Å². The molecule has 0 saturated carbocycles. The lowest BCUT2D eigenvalue weighted by Crippen LogP contribution is -2.37. The highest BCUT2D eigenvalue weighted by Crippen LogP contribution is 2.20. The Bertz CT molecular complexity index is 799. The number of nitrogen functional groups attached to an aromatic ring is 1. The molecule has 190 valence electrons. The van der Waals surface area contributed by atoms with Gasteiger partial charge in [0.25, 0.3) is 0 Å². The Labute approximate surface area is 208 Å². The lowest BCUT2D eigenvalue weighted by atomic mass is 10.1. The van der Waals surface area contributed by atoms with E-state index in [0.717, 1.165) is 82.9 Å². The van der Waals surface area contributed by atoms with Gasteiger partial charge in [-0.05, 0) is 50.8 Å². The summed E-state index contributed by atoms with van der Waals surface area (Å²) < 4.78 is 5.39. The number of morpholine rings is 1. The minimum atomic E-state index is 0.640. The van der Waals surface area contributed by atoms with E-state index in [2.05, 4.69) is 34.7 Å². The Morgan fingerprint density at radius 3 is 2.32 bits per heavy atom. The molecule has 0 unspecified atom stereocenters. The minimum Gasteiger partial charge on any atom is -0.384 e. The molecule has 0 atom stereocenters. The highest BCUT2D eigenvalue weighted by Gasteiger charge is 2.11. The van der Waals surface area contributed by atoms with Crippen molar-refractivity contribution in [2.45, 2.75) is 60.3 Å². The summed E-state index contributed by atoms with van der Waals surface area (Å²) in [6, 6.07) is 12.1. The summed E-state index contributed by atoms with van der Waals surface area (Å²) in [5.41, 5.74) is 10.6. The maximum atomic E-state index is 6.92. The van der Waals surface area contributed by atoms with Crippen LogP contribution < -0.4 is 10.6 Å². The smallest absolute Gasteiger partial charge is 0.125 e. The second kappa shape index (κ2) is 18.0. The zero-order valence-electron chi connectivity index (χ0n) is 22.1. The number of nitrogens with two attached hydrogens (primary N) is 1. The summed E-state index contributed by atoms with van der Waals surface area (Å²) in [6.45, 7) is 17.6. The van der Waals surface area contributed by atoms with Gasteiger partial charge in [0.2, 0.25) is 0 Å². The number of hydrogen-bond donors (Lipinski definition) is 2. The lowest BCUT2D eigenvalue weighted by Gasteiger charge is -2.26. The first-order chi connectivity index (χ1) is 16.5. The molecule has 3 N–H and O–H groups in total. The largest absolute Gasteiger partial charge is 0.384 e. The van der Waals surface area contributed by atoms with Gasteiger partial charge in [0.1, 0.15) is 5.82 Å². The summed E-state index contributed by atoms with van der Waals surface area (Å²) in [5.74, 6) is 0.640. The SMILES string of the molecule is CC.CCCN(CCC)c1cc(N)nc(CCCN2CCOCC2)c1.Cc1cccc(C=N)c1. The summed E-state index contributed by atoms with van der Waals surface area (Å²) in [6.07, 6.45) is 5.76. The first-order valence-electron chi connectivity index (χ1n) is 12.9. The van der Waals surface area contributed by atoms with Crippen LogP contribution >= 0.6 is 0 Å². The van der Waals surface area contributed by atoms with E-state index in [1.807, 2.05) is 51.1 Å². The fourth-order valence-corrected chi connectivity index (χ4v) is 3.88. The average Bonchev–Trinajstić information content (AvgIpc) is 2.86. The molecule has 0 radical (unpaired) electrons. The van der Waals surface area contributed by atoms with Gasteiger partial charge in [-0.2, -0.15) is 0 Å². The highest BCUT2D eigenvalue weighted by atomic mass is 16.5. The number of ether oxygens (including phenoxy) is 1. The van der Waals surface area contributed by atoms with E-state index in [-0.39, 0.29) is 0 Å². The Morgan fingerprint density at radius 1 is 1.09 bits per heavy atom. The van der Waals surface area contributed by atoms with E-state index in [9.17, 15) is 0 Å². The zero-order valence-corrected chi connectivity index (χ0v) is 22.1. The number of aryl methyl sites for hydroxylation is 2. The number of benzene rings is 1. The molecule has 0 spiro atoms. The molecule has 1 aliphatic rings. The third-order valence-corrected chi connectivity index (χ3v) is 5.45. The number of nitrogens with one attached hydrogen (secondary N) is 1. The van der Waals surface area contributed by atoms with Crippen LogP contribution in [-0.4, -0.2) is 62.0 Å². The Morgan fingerprint density at radius 2 is 1.76 bits per heavy atom. The molecule has 6 heteroatoms. The van der Waals surface area contributed by atoms with Crippen LogP contribution in [0.25, 0.3) is 0 Å². The topological polar surface area (TPSA) is 78.5 Å². The molecule has 6 nitrogen and oxygen atoms in total. The molecule has 0 bridgehead atoms. The summed E-state index contributed by atoms with van der Waals surface area (Å²) in [5, 5.41) is 6.92. The molecule has 0 aliphatic carbocycles. The number of pyridine rings is 1. The van der Waals surface area contributed by atoms with E-state index in [0.29, 0.717) is 5.82 Å². The number of anilines is 2. The maximum Gasteiger partial charge on any atom is 0.125 e. The van der Waals surface area contributed by atoms with Crippen LogP contribution in [-0.2, 0) is 11.2 Å². The number of aromatic nitrogens is 1. The number of nitrogens with zero attached hydrogens (tertiary/aromatic N) is 3. The second-order valence-corrected chi connectivity index (χ2v) is 8.34. The van der Waals surface area contributed by atoms with Gasteiger partial charge in [-0.15, -0.1) is 0 Å².